The van der Waals surface area contributed by atoms with Gasteiger partial charge in [-0.25, -0.2) is 4.79 Å². The summed E-state index contributed by atoms with van der Waals surface area (Å²) in [5, 5.41) is 4.97. The van der Waals surface area contributed by atoms with Gasteiger partial charge in [0.25, 0.3) is 0 Å². The molecule has 2 rings (SSSR count). The molecule has 1 aliphatic rings. The first kappa shape index (κ1) is 18.1. The molecule has 1 atom stereocenters. The van der Waals surface area contributed by atoms with Crippen LogP contribution in [0.4, 0.5) is 4.79 Å². The van der Waals surface area contributed by atoms with Gasteiger partial charge in [-0.3, -0.25) is 15.0 Å². The van der Waals surface area contributed by atoms with Crippen LogP contribution in [0.15, 0.2) is 24.3 Å². The molecule has 0 aromatic heterocycles. The number of rotatable bonds is 7. The van der Waals surface area contributed by atoms with Crippen LogP contribution in [0.25, 0.3) is 0 Å². The number of hydrogen-bond donors (Lipinski definition) is 2. The van der Waals surface area contributed by atoms with Crippen molar-refractivity contribution in [2.24, 2.45) is 0 Å². The van der Waals surface area contributed by atoms with E-state index in [1.165, 1.54) is 0 Å². The Kier molecular flexibility index (Phi) is 6.87. The highest BCUT2D eigenvalue weighted by atomic mass is 16.6. The highest BCUT2D eigenvalue weighted by Crippen LogP contribution is 2.30. The largest absolute Gasteiger partial charge is 0.486 e. The average molecular weight is 335 g/mol. The SMILES string of the molecule is CCCCNC(=O)NC(=O)CN(C)CC1COc2ccccc2O1. The lowest BCUT2D eigenvalue weighted by Gasteiger charge is -2.29. The van der Waals surface area contributed by atoms with Crippen molar-refractivity contribution < 1.29 is 19.1 Å². The Labute approximate surface area is 142 Å². The summed E-state index contributed by atoms with van der Waals surface area (Å²) in [6.07, 6.45) is 1.72. The van der Waals surface area contributed by atoms with Crippen LogP contribution in [0.5, 0.6) is 11.5 Å². The van der Waals surface area contributed by atoms with Crippen molar-refractivity contribution in [3.63, 3.8) is 0 Å². The van der Waals surface area contributed by atoms with Crippen molar-refractivity contribution in [3.05, 3.63) is 24.3 Å². The number of para-hydroxylation sites is 2. The van der Waals surface area contributed by atoms with Gasteiger partial charge in [0.15, 0.2) is 11.5 Å². The topological polar surface area (TPSA) is 79.9 Å². The van der Waals surface area contributed by atoms with E-state index in [1.54, 1.807) is 11.9 Å². The number of unbranched alkanes of at least 4 members (excludes halogenated alkanes) is 1. The van der Waals surface area contributed by atoms with Crippen molar-refractivity contribution in [2.75, 3.05) is 33.3 Å². The predicted octanol–water partition coefficient (Wildman–Crippen LogP) is 1.38. The number of hydrogen-bond acceptors (Lipinski definition) is 5. The van der Waals surface area contributed by atoms with Crippen molar-refractivity contribution in [3.8, 4) is 11.5 Å². The van der Waals surface area contributed by atoms with Crippen molar-refractivity contribution >= 4 is 11.9 Å². The lowest BCUT2D eigenvalue weighted by atomic mass is 10.2. The molecular weight excluding hydrogens is 310 g/mol. The number of ether oxygens (including phenoxy) is 2. The summed E-state index contributed by atoms with van der Waals surface area (Å²) < 4.78 is 11.5. The number of urea groups is 1. The Morgan fingerprint density at radius 1 is 1.29 bits per heavy atom. The smallest absolute Gasteiger partial charge is 0.321 e. The van der Waals surface area contributed by atoms with Gasteiger partial charge in [-0.1, -0.05) is 25.5 Å². The van der Waals surface area contributed by atoms with Crippen LogP contribution in [-0.2, 0) is 4.79 Å². The third-order valence-corrected chi connectivity index (χ3v) is 3.57. The van der Waals surface area contributed by atoms with E-state index in [9.17, 15) is 9.59 Å². The first-order valence-electron chi connectivity index (χ1n) is 8.23. The number of fused-ring (bicyclic) bond motifs is 1. The van der Waals surface area contributed by atoms with E-state index in [4.69, 9.17) is 9.47 Å². The van der Waals surface area contributed by atoms with E-state index in [2.05, 4.69) is 10.6 Å². The Bertz CT molecular complexity index is 565. The molecule has 1 aromatic carbocycles. The van der Waals surface area contributed by atoms with Gasteiger partial charge in [0.1, 0.15) is 12.7 Å². The Morgan fingerprint density at radius 2 is 2.04 bits per heavy atom. The number of carbonyl (C=O) groups is 2. The maximum absolute atomic E-state index is 11.9. The number of likely N-dealkylation sites (N-methyl/N-ethyl adjacent to an activating group) is 1. The Morgan fingerprint density at radius 3 is 2.79 bits per heavy atom. The van der Waals surface area contributed by atoms with E-state index in [-0.39, 0.29) is 18.6 Å². The molecule has 0 spiro atoms. The Balaban J connectivity index is 1.70. The maximum Gasteiger partial charge on any atom is 0.321 e. The average Bonchev–Trinajstić information content (AvgIpc) is 2.54. The standard InChI is InChI=1S/C17H25N3O4/c1-3-4-9-18-17(22)19-16(21)11-20(2)10-13-12-23-14-7-5-6-8-15(14)24-13/h5-8,13H,3-4,9-12H2,1-2H3,(H2,18,19,21,22). The summed E-state index contributed by atoms with van der Waals surface area (Å²) in [4.78, 5) is 25.2. The molecule has 7 heteroatoms. The van der Waals surface area contributed by atoms with Gasteiger partial charge in [0.2, 0.25) is 5.91 Å². The van der Waals surface area contributed by atoms with E-state index >= 15 is 0 Å². The van der Waals surface area contributed by atoms with Crippen LogP contribution in [0.1, 0.15) is 19.8 Å². The number of carbonyl (C=O) groups excluding carboxylic acids is 2. The highest BCUT2D eigenvalue weighted by molar-refractivity contribution is 5.95. The fourth-order valence-electron chi connectivity index (χ4n) is 2.40. The number of nitrogens with one attached hydrogen (secondary N) is 2. The second-order valence-corrected chi connectivity index (χ2v) is 5.85. The predicted molar refractivity (Wildman–Crippen MR) is 90.3 cm³/mol. The number of nitrogens with zero attached hydrogens (tertiary/aromatic N) is 1. The summed E-state index contributed by atoms with van der Waals surface area (Å²) >= 11 is 0. The quantitative estimate of drug-likeness (QED) is 0.736. The van der Waals surface area contributed by atoms with E-state index in [0.29, 0.717) is 25.4 Å². The second kappa shape index (κ2) is 9.12. The molecule has 2 N–H and O–H groups in total. The van der Waals surface area contributed by atoms with Gasteiger partial charge in [-0.15, -0.1) is 0 Å². The number of benzene rings is 1. The molecule has 1 aliphatic heterocycles. The zero-order chi connectivity index (χ0) is 17.4. The Hall–Kier alpha value is -2.28. The van der Waals surface area contributed by atoms with E-state index in [1.807, 2.05) is 31.2 Å². The lowest BCUT2D eigenvalue weighted by Crippen LogP contribution is -2.46. The monoisotopic (exact) mass is 335 g/mol. The summed E-state index contributed by atoms with van der Waals surface area (Å²) in [6, 6.07) is 7.05. The molecule has 132 valence electrons. The molecule has 0 saturated carbocycles. The third-order valence-electron chi connectivity index (χ3n) is 3.57. The molecule has 3 amide bonds. The molecular formula is C17H25N3O4. The van der Waals surface area contributed by atoms with Crippen molar-refractivity contribution in [1.82, 2.24) is 15.5 Å². The maximum atomic E-state index is 11.9. The normalized spacial score (nSPS) is 15.9. The molecule has 1 unspecified atom stereocenters. The van der Waals surface area contributed by atoms with Crippen LogP contribution in [0.3, 0.4) is 0 Å². The number of imide groups is 1. The fraction of sp³-hybridized carbons (Fsp3) is 0.529. The highest BCUT2D eigenvalue weighted by Gasteiger charge is 2.22. The first-order valence-corrected chi connectivity index (χ1v) is 8.23. The molecule has 24 heavy (non-hydrogen) atoms. The molecule has 0 aliphatic carbocycles. The summed E-state index contributed by atoms with van der Waals surface area (Å²) in [5.74, 6) is 1.10. The van der Waals surface area contributed by atoms with Crippen LogP contribution < -0.4 is 20.1 Å². The van der Waals surface area contributed by atoms with E-state index in [0.717, 1.165) is 18.6 Å². The van der Waals surface area contributed by atoms with Gasteiger partial charge in [-0.2, -0.15) is 0 Å². The minimum atomic E-state index is -0.451. The summed E-state index contributed by atoms with van der Waals surface area (Å²) in [6.45, 7) is 3.68. The minimum absolute atomic E-state index is 0.114. The van der Waals surface area contributed by atoms with Gasteiger partial charge < -0.3 is 14.8 Å². The van der Waals surface area contributed by atoms with Gasteiger partial charge >= 0.3 is 6.03 Å². The third kappa shape index (κ3) is 5.73. The van der Waals surface area contributed by atoms with Crippen LogP contribution in [-0.4, -0.2) is 56.2 Å². The second-order valence-electron chi connectivity index (χ2n) is 5.85. The first-order chi connectivity index (χ1) is 11.6. The van der Waals surface area contributed by atoms with Crippen LogP contribution >= 0.6 is 0 Å². The van der Waals surface area contributed by atoms with Crippen molar-refractivity contribution in [2.45, 2.75) is 25.9 Å². The molecule has 0 fully saturated rings. The van der Waals surface area contributed by atoms with Crippen molar-refractivity contribution in [1.29, 1.82) is 0 Å². The molecule has 1 heterocycles. The number of amides is 3. The molecule has 1 aromatic rings. The fourth-order valence-corrected chi connectivity index (χ4v) is 2.40. The van der Waals surface area contributed by atoms with Crippen LogP contribution in [0, 0.1) is 0 Å². The van der Waals surface area contributed by atoms with Gasteiger partial charge in [0.05, 0.1) is 6.54 Å². The lowest BCUT2D eigenvalue weighted by molar-refractivity contribution is -0.121. The molecule has 7 nitrogen and oxygen atoms in total. The van der Waals surface area contributed by atoms with Gasteiger partial charge in [-0.05, 0) is 25.6 Å². The molecule has 0 saturated heterocycles. The van der Waals surface area contributed by atoms with E-state index < -0.39 is 6.03 Å². The van der Waals surface area contributed by atoms with Crippen LogP contribution in [0.2, 0.25) is 0 Å². The zero-order valence-electron chi connectivity index (χ0n) is 14.2. The summed E-state index contributed by atoms with van der Waals surface area (Å²) in [5.41, 5.74) is 0. The minimum Gasteiger partial charge on any atom is -0.486 e. The zero-order valence-corrected chi connectivity index (χ0v) is 14.2. The van der Waals surface area contributed by atoms with Gasteiger partial charge in [0, 0.05) is 13.1 Å². The molecule has 0 radical (unpaired) electrons. The summed E-state index contributed by atoms with van der Waals surface area (Å²) in [7, 11) is 1.80. The molecule has 0 bridgehead atoms.